The van der Waals surface area contributed by atoms with Gasteiger partial charge in [0.2, 0.25) is 0 Å². The second-order valence-electron chi connectivity index (χ2n) is 7.59. The Bertz CT molecular complexity index is 1140. The maximum Gasteiger partial charge on any atom is 0.259 e. The van der Waals surface area contributed by atoms with Crippen LogP contribution in [0, 0.1) is 0 Å². The Balaban J connectivity index is 1.69. The molecule has 2 amide bonds. The smallest absolute Gasteiger partial charge is 0.259 e. The highest BCUT2D eigenvalue weighted by Gasteiger charge is 2.27. The van der Waals surface area contributed by atoms with Gasteiger partial charge in [0.05, 0.1) is 28.4 Å². The van der Waals surface area contributed by atoms with Crippen LogP contribution in [0.25, 0.3) is 0 Å². The van der Waals surface area contributed by atoms with E-state index < -0.39 is 0 Å². The first kappa shape index (κ1) is 22.4. The van der Waals surface area contributed by atoms with Crippen LogP contribution in [0.1, 0.15) is 57.3 Å². The van der Waals surface area contributed by atoms with Crippen molar-refractivity contribution in [3.05, 3.63) is 75.1 Å². The van der Waals surface area contributed by atoms with Gasteiger partial charge in [-0.15, -0.1) is 11.3 Å². The fourth-order valence-electron chi connectivity index (χ4n) is 3.92. The van der Waals surface area contributed by atoms with E-state index in [0.717, 1.165) is 37.7 Å². The molecule has 0 aliphatic heterocycles. The quantitative estimate of drug-likeness (QED) is 0.402. The number of carbonyl (C=O) groups is 2. The molecule has 5 nitrogen and oxygen atoms in total. The molecule has 3 aromatic rings. The zero-order valence-corrected chi connectivity index (χ0v) is 19.4. The first-order valence-corrected chi connectivity index (χ1v) is 12.0. The molecule has 0 unspecified atom stereocenters. The monoisotopic (exact) mass is 468 g/mol. The summed E-state index contributed by atoms with van der Waals surface area (Å²) < 4.78 is 5.66. The number of benzene rings is 2. The topological polar surface area (TPSA) is 67.4 Å². The summed E-state index contributed by atoms with van der Waals surface area (Å²) >= 11 is 7.70. The lowest BCUT2D eigenvalue weighted by Crippen LogP contribution is -2.18. The van der Waals surface area contributed by atoms with E-state index in [1.165, 1.54) is 16.2 Å². The number of fused-ring (bicyclic) bond motifs is 1. The van der Waals surface area contributed by atoms with Crippen LogP contribution in [0.5, 0.6) is 5.75 Å². The van der Waals surface area contributed by atoms with Gasteiger partial charge in [-0.1, -0.05) is 42.3 Å². The van der Waals surface area contributed by atoms with Crippen molar-refractivity contribution in [2.45, 2.75) is 39.0 Å². The molecule has 0 atom stereocenters. The molecule has 7 heteroatoms. The van der Waals surface area contributed by atoms with Gasteiger partial charge in [0.1, 0.15) is 10.8 Å². The summed E-state index contributed by atoms with van der Waals surface area (Å²) in [6.07, 6.45) is 4.98. The largest absolute Gasteiger partial charge is 0.492 e. The molecule has 166 valence electrons. The van der Waals surface area contributed by atoms with Crippen LogP contribution in [-0.2, 0) is 12.8 Å². The third kappa shape index (κ3) is 4.81. The number of halogens is 1. The number of hydrogen-bond acceptors (Lipinski definition) is 4. The molecule has 1 heterocycles. The van der Waals surface area contributed by atoms with E-state index in [1.54, 1.807) is 24.3 Å². The van der Waals surface area contributed by atoms with E-state index in [0.29, 0.717) is 39.2 Å². The Kier molecular flexibility index (Phi) is 7.12. The van der Waals surface area contributed by atoms with Crippen molar-refractivity contribution >= 4 is 45.4 Å². The van der Waals surface area contributed by atoms with Crippen LogP contribution in [0.2, 0.25) is 5.02 Å². The molecule has 1 aliphatic carbocycles. The highest BCUT2D eigenvalue weighted by atomic mass is 35.5. The number of carbonyl (C=O) groups excluding carboxylic acids is 2. The predicted octanol–water partition coefficient (Wildman–Crippen LogP) is 6.57. The lowest BCUT2D eigenvalue weighted by atomic mass is 10.0. The maximum atomic E-state index is 13.5. The molecular weight excluding hydrogens is 444 g/mol. The van der Waals surface area contributed by atoms with Crippen LogP contribution in [-0.4, -0.2) is 18.4 Å². The van der Waals surface area contributed by atoms with Crippen molar-refractivity contribution < 1.29 is 14.3 Å². The lowest BCUT2D eigenvalue weighted by molar-refractivity contribution is 0.102. The Labute approximate surface area is 196 Å². The van der Waals surface area contributed by atoms with Crippen LogP contribution < -0.4 is 15.4 Å². The maximum absolute atomic E-state index is 13.5. The van der Waals surface area contributed by atoms with Crippen LogP contribution in [0.15, 0.2) is 48.5 Å². The molecule has 0 spiro atoms. The molecular formula is C25H25ClN2O3S. The molecule has 2 N–H and O–H groups in total. The Morgan fingerprint density at radius 2 is 1.72 bits per heavy atom. The number of para-hydroxylation sites is 2. The van der Waals surface area contributed by atoms with Gasteiger partial charge in [-0.3, -0.25) is 9.59 Å². The fraction of sp³-hybridized carbons (Fsp3) is 0.280. The van der Waals surface area contributed by atoms with Crippen LogP contribution in [0.3, 0.4) is 0 Å². The zero-order chi connectivity index (χ0) is 22.5. The number of thiophene rings is 1. The van der Waals surface area contributed by atoms with Crippen molar-refractivity contribution in [2.75, 3.05) is 17.2 Å². The number of amides is 2. The second kappa shape index (κ2) is 10.2. The molecule has 1 aromatic heterocycles. The van der Waals surface area contributed by atoms with Gasteiger partial charge in [-0.25, -0.2) is 0 Å². The highest BCUT2D eigenvalue weighted by Crippen LogP contribution is 2.39. The van der Waals surface area contributed by atoms with Crippen molar-refractivity contribution in [3.63, 3.8) is 0 Å². The molecule has 4 rings (SSSR count). The molecule has 2 aromatic carbocycles. The van der Waals surface area contributed by atoms with Crippen molar-refractivity contribution in [1.82, 2.24) is 0 Å². The fourth-order valence-corrected chi connectivity index (χ4v) is 5.43. The van der Waals surface area contributed by atoms with E-state index in [9.17, 15) is 9.59 Å². The molecule has 0 saturated heterocycles. The average molecular weight is 469 g/mol. The summed E-state index contributed by atoms with van der Waals surface area (Å²) in [5.74, 6) is 0.0492. The molecule has 0 bridgehead atoms. The summed E-state index contributed by atoms with van der Waals surface area (Å²) in [7, 11) is 0. The van der Waals surface area contributed by atoms with Gasteiger partial charge < -0.3 is 15.4 Å². The Hall–Kier alpha value is -2.83. The Morgan fingerprint density at radius 3 is 2.53 bits per heavy atom. The average Bonchev–Trinajstić information content (AvgIpc) is 2.95. The van der Waals surface area contributed by atoms with E-state index in [4.69, 9.17) is 16.3 Å². The summed E-state index contributed by atoms with van der Waals surface area (Å²) in [6, 6.07) is 14.3. The van der Waals surface area contributed by atoms with E-state index in [2.05, 4.69) is 10.6 Å². The lowest BCUT2D eigenvalue weighted by Gasteiger charge is -2.13. The zero-order valence-electron chi connectivity index (χ0n) is 17.9. The van der Waals surface area contributed by atoms with Crippen LogP contribution >= 0.6 is 22.9 Å². The minimum Gasteiger partial charge on any atom is -0.492 e. The third-order valence-electron chi connectivity index (χ3n) is 5.43. The summed E-state index contributed by atoms with van der Waals surface area (Å²) in [4.78, 5) is 27.6. The van der Waals surface area contributed by atoms with E-state index in [1.807, 2.05) is 31.2 Å². The first-order valence-electron chi connectivity index (χ1n) is 10.8. The van der Waals surface area contributed by atoms with Gasteiger partial charge in [-0.2, -0.15) is 0 Å². The Morgan fingerprint density at radius 1 is 0.969 bits per heavy atom. The molecule has 0 saturated carbocycles. The standard InChI is InChI=1S/C25H25ClN2O3S/c1-2-31-20-14-9-8-13-19(20)27-24(30)22-17-11-4-3-5-15-21(17)32-25(22)28-23(29)16-10-6-7-12-18(16)26/h6-10,12-14H,2-5,11,15H2,1H3,(H,27,30)(H,28,29). The number of aryl methyl sites for hydroxylation is 1. The van der Waals surface area contributed by atoms with Gasteiger partial charge in [0, 0.05) is 4.88 Å². The SMILES string of the molecule is CCOc1ccccc1NC(=O)c1c(NC(=O)c2ccccc2Cl)sc2c1CCCCC2. The highest BCUT2D eigenvalue weighted by molar-refractivity contribution is 7.17. The van der Waals surface area contributed by atoms with Crippen LogP contribution in [0.4, 0.5) is 10.7 Å². The molecule has 0 fully saturated rings. The molecule has 32 heavy (non-hydrogen) atoms. The van der Waals surface area contributed by atoms with E-state index >= 15 is 0 Å². The number of hydrogen-bond donors (Lipinski definition) is 2. The number of rotatable bonds is 6. The summed E-state index contributed by atoms with van der Waals surface area (Å²) in [5.41, 5.74) is 2.56. The number of anilines is 2. The third-order valence-corrected chi connectivity index (χ3v) is 6.97. The minimum absolute atomic E-state index is 0.244. The van der Waals surface area contributed by atoms with Crippen molar-refractivity contribution in [2.24, 2.45) is 0 Å². The minimum atomic E-state index is -0.323. The van der Waals surface area contributed by atoms with Crippen molar-refractivity contribution in [1.29, 1.82) is 0 Å². The second-order valence-corrected chi connectivity index (χ2v) is 9.10. The molecule has 1 aliphatic rings. The summed E-state index contributed by atoms with van der Waals surface area (Å²) in [6.45, 7) is 2.40. The summed E-state index contributed by atoms with van der Waals surface area (Å²) in [5, 5.41) is 6.89. The van der Waals surface area contributed by atoms with Gasteiger partial charge in [0.25, 0.3) is 11.8 Å². The van der Waals surface area contributed by atoms with Gasteiger partial charge in [-0.05, 0) is 62.4 Å². The predicted molar refractivity (Wildman–Crippen MR) is 131 cm³/mol. The number of ether oxygens (including phenoxy) is 1. The molecule has 0 radical (unpaired) electrons. The first-order chi connectivity index (χ1) is 15.6. The van der Waals surface area contributed by atoms with Crippen molar-refractivity contribution in [3.8, 4) is 5.75 Å². The van der Waals surface area contributed by atoms with Gasteiger partial charge >= 0.3 is 0 Å². The van der Waals surface area contributed by atoms with E-state index in [-0.39, 0.29) is 11.8 Å². The number of nitrogens with one attached hydrogen (secondary N) is 2. The normalized spacial score (nSPS) is 13.1. The van der Waals surface area contributed by atoms with Gasteiger partial charge in [0.15, 0.2) is 0 Å².